The Morgan fingerprint density at radius 2 is 1.74 bits per heavy atom. The maximum absolute atomic E-state index is 12.3. The standard InChI is InChI=1S/C17H30N2O3Si/c1-7-15(20)18-10-14(11-18)16(21)19-8-13(9-19)12-22-23(5,6)17(2,3)4/h7,13-14H,1,8-12H2,2-6H3. The number of amides is 2. The molecular formula is C17H30N2O3Si. The fourth-order valence-corrected chi connectivity index (χ4v) is 3.69. The van der Waals surface area contributed by atoms with Crippen LogP contribution >= 0.6 is 0 Å². The average molecular weight is 339 g/mol. The largest absolute Gasteiger partial charge is 0.416 e. The van der Waals surface area contributed by atoms with E-state index in [1.165, 1.54) is 6.08 Å². The van der Waals surface area contributed by atoms with Gasteiger partial charge in [0, 0.05) is 38.7 Å². The smallest absolute Gasteiger partial charge is 0.246 e. The van der Waals surface area contributed by atoms with Crippen molar-refractivity contribution in [2.75, 3.05) is 32.8 Å². The molecule has 0 aromatic rings. The zero-order valence-electron chi connectivity index (χ0n) is 15.1. The lowest BCUT2D eigenvalue weighted by atomic mass is 9.93. The molecule has 0 saturated carbocycles. The van der Waals surface area contributed by atoms with Crippen LogP contribution in [0.3, 0.4) is 0 Å². The Balaban J connectivity index is 1.69. The van der Waals surface area contributed by atoms with Gasteiger partial charge in [-0.1, -0.05) is 27.4 Å². The van der Waals surface area contributed by atoms with Crippen LogP contribution in [-0.2, 0) is 14.0 Å². The summed E-state index contributed by atoms with van der Waals surface area (Å²) in [6.07, 6.45) is 1.30. The summed E-state index contributed by atoms with van der Waals surface area (Å²) in [7, 11) is -1.70. The molecule has 2 heterocycles. The van der Waals surface area contributed by atoms with Crippen molar-refractivity contribution >= 4 is 20.1 Å². The first-order valence-corrected chi connectivity index (χ1v) is 11.3. The minimum absolute atomic E-state index is 0.0267. The number of nitrogens with zero attached hydrogens (tertiary/aromatic N) is 2. The van der Waals surface area contributed by atoms with E-state index in [9.17, 15) is 9.59 Å². The molecule has 5 nitrogen and oxygen atoms in total. The fraction of sp³-hybridized carbons (Fsp3) is 0.765. The van der Waals surface area contributed by atoms with E-state index in [-0.39, 0.29) is 22.8 Å². The first-order chi connectivity index (χ1) is 10.5. The van der Waals surface area contributed by atoms with Gasteiger partial charge in [0.15, 0.2) is 8.32 Å². The highest BCUT2D eigenvalue weighted by Crippen LogP contribution is 2.37. The monoisotopic (exact) mass is 338 g/mol. The molecule has 2 rings (SSSR count). The number of likely N-dealkylation sites (tertiary alicyclic amines) is 2. The van der Waals surface area contributed by atoms with Crippen LogP contribution in [0.1, 0.15) is 20.8 Å². The maximum Gasteiger partial charge on any atom is 0.246 e. The molecule has 2 amide bonds. The number of rotatable bonds is 5. The van der Waals surface area contributed by atoms with Gasteiger partial charge >= 0.3 is 0 Å². The van der Waals surface area contributed by atoms with Crippen LogP contribution in [0.4, 0.5) is 0 Å². The summed E-state index contributed by atoms with van der Waals surface area (Å²) in [5.41, 5.74) is 0. The van der Waals surface area contributed by atoms with Crippen molar-refractivity contribution in [1.82, 2.24) is 9.80 Å². The van der Waals surface area contributed by atoms with Crippen LogP contribution in [0.25, 0.3) is 0 Å². The van der Waals surface area contributed by atoms with Gasteiger partial charge in [0.05, 0.1) is 5.92 Å². The van der Waals surface area contributed by atoms with E-state index in [0.29, 0.717) is 19.0 Å². The molecule has 2 saturated heterocycles. The number of hydrogen-bond donors (Lipinski definition) is 0. The lowest BCUT2D eigenvalue weighted by molar-refractivity contribution is -0.151. The van der Waals surface area contributed by atoms with Gasteiger partial charge in [-0.2, -0.15) is 0 Å². The Morgan fingerprint density at radius 3 is 2.22 bits per heavy atom. The third-order valence-electron chi connectivity index (χ3n) is 5.47. The van der Waals surface area contributed by atoms with Gasteiger partial charge in [0.2, 0.25) is 11.8 Å². The summed E-state index contributed by atoms with van der Waals surface area (Å²) in [6, 6.07) is 0. The third-order valence-corrected chi connectivity index (χ3v) is 9.97. The molecule has 0 atom stereocenters. The highest BCUT2D eigenvalue weighted by molar-refractivity contribution is 6.74. The van der Waals surface area contributed by atoms with Gasteiger partial charge in [-0.3, -0.25) is 9.59 Å². The fourth-order valence-electron chi connectivity index (χ4n) is 2.60. The molecule has 2 aliphatic rings. The van der Waals surface area contributed by atoms with Crippen LogP contribution in [0, 0.1) is 11.8 Å². The van der Waals surface area contributed by atoms with Gasteiger partial charge in [-0.05, 0) is 24.2 Å². The Morgan fingerprint density at radius 1 is 1.17 bits per heavy atom. The predicted octanol–water partition coefficient (Wildman–Crippen LogP) is 2.11. The van der Waals surface area contributed by atoms with E-state index in [0.717, 1.165) is 19.7 Å². The van der Waals surface area contributed by atoms with Crippen molar-refractivity contribution in [3.05, 3.63) is 12.7 Å². The SMILES string of the molecule is C=CC(=O)N1CC(C(=O)N2CC(CO[Si](C)(C)C(C)(C)C)C2)C1. The number of carbonyl (C=O) groups is 2. The van der Waals surface area contributed by atoms with Gasteiger partial charge in [-0.15, -0.1) is 0 Å². The lowest BCUT2D eigenvalue weighted by Gasteiger charge is -2.46. The molecule has 0 unspecified atom stereocenters. The molecule has 0 N–H and O–H groups in total. The predicted molar refractivity (Wildman–Crippen MR) is 93.5 cm³/mol. The van der Waals surface area contributed by atoms with E-state index in [1.807, 2.05) is 4.90 Å². The number of hydrogen-bond acceptors (Lipinski definition) is 3. The van der Waals surface area contributed by atoms with Crippen LogP contribution < -0.4 is 0 Å². The normalized spacial score (nSPS) is 20.0. The van der Waals surface area contributed by atoms with Crippen molar-refractivity contribution in [2.45, 2.75) is 38.9 Å². The van der Waals surface area contributed by atoms with Crippen molar-refractivity contribution in [1.29, 1.82) is 0 Å². The topological polar surface area (TPSA) is 49.9 Å². The van der Waals surface area contributed by atoms with E-state index in [4.69, 9.17) is 4.43 Å². The van der Waals surface area contributed by atoms with E-state index in [2.05, 4.69) is 40.4 Å². The molecule has 2 aliphatic heterocycles. The third kappa shape index (κ3) is 3.86. The van der Waals surface area contributed by atoms with E-state index in [1.54, 1.807) is 4.90 Å². The summed E-state index contributed by atoms with van der Waals surface area (Å²) in [6.45, 7) is 18.1. The minimum Gasteiger partial charge on any atom is -0.416 e. The second-order valence-corrected chi connectivity index (χ2v) is 13.1. The Bertz CT molecular complexity index is 487. The highest BCUT2D eigenvalue weighted by atomic mass is 28.4. The summed E-state index contributed by atoms with van der Waals surface area (Å²) in [4.78, 5) is 27.3. The van der Waals surface area contributed by atoms with Crippen LogP contribution in [0.15, 0.2) is 12.7 Å². The summed E-state index contributed by atoms with van der Waals surface area (Å²) >= 11 is 0. The molecule has 0 spiro atoms. The average Bonchev–Trinajstić information content (AvgIpc) is 2.33. The van der Waals surface area contributed by atoms with Crippen molar-refractivity contribution in [3.63, 3.8) is 0 Å². The Labute approximate surface area is 140 Å². The summed E-state index contributed by atoms with van der Waals surface area (Å²) < 4.78 is 6.23. The van der Waals surface area contributed by atoms with Crippen LogP contribution in [-0.4, -0.2) is 62.7 Å². The zero-order valence-corrected chi connectivity index (χ0v) is 16.1. The Kier molecular flexibility index (Phi) is 5.06. The van der Waals surface area contributed by atoms with Gasteiger partial charge in [-0.25, -0.2) is 0 Å². The second kappa shape index (κ2) is 6.40. The van der Waals surface area contributed by atoms with Gasteiger partial charge in [0.25, 0.3) is 0 Å². The maximum atomic E-state index is 12.3. The highest BCUT2D eigenvalue weighted by Gasteiger charge is 2.42. The molecule has 0 aromatic carbocycles. The Hall–Kier alpha value is -1.14. The lowest BCUT2D eigenvalue weighted by Crippen LogP contribution is -2.61. The van der Waals surface area contributed by atoms with Crippen molar-refractivity contribution in [3.8, 4) is 0 Å². The second-order valence-electron chi connectivity index (χ2n) is 8.32. The molecule has 0 bridgehead atoms. The molecule has 0 aromatic heterocycles. The molecule has 6 heteroatoms. The molecule has 2 fully saturated rings. The van der Waals surface area contributed by atoms with Crippen molar-refractivity contribution < 1.29 is 14.0 Å². The zero-order chi connectivity index (χ0) is 17.4. The first kappa shape index (κ1) is 18.2. The van der Waals surface area contributed by atoms with Gasteiger partial charge < -0.3 is 14.2 Å². The van der Waals surface area contributed by atoms with Crippen LogP contribution in [0.5, 0.6) is 0 Å². The molecular weight excluding hydrogens is 308 g/mol. The van der Waals surface area contributed by atoms with E-state index >= 15 is 0 Å². The summed E-state index contributed by atoms with van der Waals surface area (Å²) in [5.74, 6) is 0.528. The van der Waals surface area contributed by atoms with Gasteiger partial charge in [0.1, 0.15) is 0 Å². The molecule has 130 valence electrons. The van der Waals surface area contributed by atoms with E-state index < -0.39 is 8.32 Å². The number of carbonyl (C=O) groups excluding carboxylic acids is 2. The van der Waals surface area contributed by atoms with Crippen molar-refractivity contribution in [2.24, 2.45) is 11.8 Å². The minimum atomic E-state index is -1.70. The molecule has 0 radical (unpaired) electrons. The van der Waals surface area contributed by atoms with Crippen LogP contribution in [0.2, 0.25) is 18.1 Å². The molecule has 23 heavy (non-hydrogen) atoms. The quantitative estimate of drug-likeness (QED) is 0.570. The first-order valence-electron chi connectivity index (χ1n) is 8.39. The molecule has 0 aliphatic carbocycles. The summed E-state index contributed by atoms with van der Waals surface area (Å²) in [5, 5.41) is 0.222.